The fourth-order valence-electron chi connectivity index (χ4n) is 2.23. The summed E-state index contributed by atoms with van der Waals surface area (Å²) in [6.07, 6.45) is 3.17. The molecule has 2 aromatic heterocycles. The molecule has 0 aliphatic rings. The van der Waals surface area contributed by atoms with E-state index < -0.39 is 0 Å². The maximum Gasteiger partial charge on any atom is 0.0701 e. The van der Waals surface area contributed by atoms with Gasteiger partial charge in [0.05, 0.1) is 3.79 Å². The zero-order valence-corrected chi connectivity index (χ0v) is 12.9. The van der Waals surface area contributed by atoms with Crippen molar-refractivity contribution in [3.63, 3.8) is 0 Å². The number of aromatic nitrogens is 1. The van der Waals surface area contributed by atoms with Crippen LogP contribution < -0.4 is 5.32 Å². The van der Waals surface area contributed by atoms with Crippen molar-refractivity contribution in [2.75, 3.05) is 6.54 Å². The predicted molar refractivity (Wildman–Crippen MR) is 85.7 cm³/mol. The molecule has 4 heteroatoms. The van der Waals surface area contributed by atoms with Gasteiger partial charge in [-0.1, -0.05) is 18.2 Å². The van der Waals surface area contributed by atoms with Crippen LogP contribution in [0.1, 0.15) is 11.1 Å². The number of halogens is 1. The van der Waals surface area contributed by atoms with Gasteiger partial charge in [0, 0.05) is 23.6 Å². The van der Waals surface area contributed by atoms with Gasteiger partial charge in [-0.2, -0.15) is 0 Å². The Kier molecular flexibility index (Phi) is 4.01. The van der Waals surface area contributed by atoms with Crippen LogP contribution in [0.25, 0.3) is 10.9 Å². The van der Waals surface area contributed by atoms with E-state index >= 15 is 0 Å². The van der Waals surface area contributed by atoms with Gasteiger partial charge in [0.25, 0.3) is 0 Å². The van der Waals surface area contributed by atoms with E-state index in [0.717, 1.165) is 19.5 Å². The molecule has 0 atom stereocenters. The number of hydrogen-bond donors (Lipinski definition) is 2. The number of aromatic amines is 1. The first-order chi connectivity index (χ1) is 9.33. The summed E-state index contributed by atoms with van der Waals surface area (Å²) in [5.74, 6) is 0. The Balaban J connectivity index is 1.55. The zero-order valence-electron chi connectivity index (χ0n) is 10.4. The van der Waals surface area contributed by atoms with E-state index in [4.69, 9.17) is 0 Å². The number of benzene rings is 1. The van der Waals surface area contributed by atoms with Crippen molar-refractivity contribution < 1.29 is 0 Å². The summed E-state index contributed by atoms with van der Waals surface area (Å²) in [6, 6.07) is 10.6. The number of H-pyrrole nitrogens is 1. The van der Waals surface area contributed by atoms with Gasteiger partial charge in [-0.15, -0.1) is 11.3 Å². The monoisotopic (exact) mass is 334 g/mol. The molecule has 0 spiro atoms. The van der Waals surface area contributed by atoms with Crippen molar-refractivity contribution in [2.24, 2.45) is 0 Å². The van der Waals surface area contributed by atoms with Crippen LogP contribution in [0.4, 0.5) is 0 Å². The summed E-state index contributed by atoms with van der Waals surface area (Å²) >= 11 is 5.22. The molecule has 2 N–H and O–H groups in total. The minimum absolute atomic E-state index is 0.935. The molecule has 2 nitrogen and oxygen atoms in total. The number of para-hydroxylation sites is 1. The lowest BCUT2D eigenvalue weighted by molar-refractivity contribution is 0.690. The van der Waals surface area contributed by atoms with Crippen molar-refractivity contribution >= 4 is 38.2 Å². The summed E-state index contributed by atoms with van der Waals surface area (Å²) < 4.78 is 1.20. The second-order valence-corrected chi connectivity index (χ2v) is 6.84. The normalized spacial score (nSPS) is 11.2. The van der Waals surface area contributed by atoms with Gasteiger partial charge < -0.3 is 10.3 Å². The third-order valence-electron chi connectivity index (χ3n) is 3.20. The number of thiophene rings is 1. The fraction of sp³-hybridized carbons (Fsp3) is 0.200. The molecule has 0 fully saturated rings. The van der Waals surface area contributed by atoms with Gasteiger partial charge in [-0.05, 0) is 57.5 Å². The largest absolute Gasteiger partial charge is 0.361 e. The van der Waals surface area contributed by atoms with Crippen molar-refractivity contribution in [1.82, 2.24) is 10.3 Å². The first-order valence-corrected chi connectivity index (χ1v) is 7.99. The van der Waals surface area contributed by atoms with Gasteiger partial charge in [0.15, 0.2) is 0 Å². The van der Waals surface area contributed by atoms with E-state index in [0.29, 0.717) is 0 Å². The molecular formula is C15H15BrN2S. The summed E-state index contributed by atoms with van der Waals surface area (Å²) in [7, 11) is 0. The smallest absolute Gasteiger partial charge is 0.0701 e. The quantitative estimate of drug-likeness (QED) is 0.668. The van der Waals surface area contributed by atoms with Crippen molar-refractivity contribution in [3.05, 3.63) is 56.8 Å². The van der Waals surface area contributed by atoms with E-state index in [1.54, 1.807) is 11.3 Å². The minimum Gasteiger partial charge on any atom is -0.361 e. The highest BCUT2D eigenvalue weighted by atomic mass is 79.9. The topological polar surface area (TPSA) is 27.8 Å². The Morgan fingerprint density at radius 3 is 3.00 bits per heavy atom. The van der Waals surface area contributed by atoms with E-state index in [1.165, 1.54) is 25.8 Å². The first kappa shape index (κ1) is 12.9. The van der Waals surface area contributed by atoms with E-state index in [9.17, 15) is 0 Å². The Morgan fingerprint density at radius 1 is 1.26 bits per heavy atom. The van der Waals surface area contributed by atoms with Gasteiger partial charge in [-0.3, -0.25) is 0 Å². The van der Waals surface area contributed by atoms with E-state index in [-0.39, 0.29) is 0 Å². The highest BCUT2D eigenvalue weighted by Gasteiger charge is 2.02. The van der Waals surface area contributed by atoms with Crippen LogP contribution in [0.3, 0.4) is 0 Å². The lowest BCUT2D eigenvalue weighted by Gasteiger charge is -2.02. The summed E-state index contributed by atoms with van der Waals surface area (Å²) in [6.45, 7) is 1.93. The molecule has 19 heavy (non-hydrogen) atoms. The standard InChI is InChI=1S/C15H15BrN2S/c16-15-7-11(10-19-15)8-17-6-5-12-9-18-14-4-2-1-3-13(12)14/h1-4,7,9-10,17-18H,5-6,8H2. The van der Waals surface area contributed by atoms with Crippen molar-refractivity contribution in [1.29, 1.82) is 0 Å². The molecule has 3 aromatic rings. The molecule has 0 aliphatic heterocycles. The Bertz CT molecular complexity index is 671. The summed E-state index contributed by atoms with van der Waals surface area (Å²) in [5, 5.41) is 7.01. The van der Waals surface area contributed by atoms with Crippen LogP contribution in [-0.4, -0.2) is 11.5 Å². The highest BCUT2D eigenvalue weighted by Crippen LogP contribution is 2.20. The first-order valence-electron chi connectivity index (χ1n) is 6.31. The van der Waals surface area contributed by atoms with Crippen molar-refractivity contribution in [2.45, 2.75) is 13.0 Å². The molecule has 0 radical (unpaired) electrons. The predicted octanol–water partition coefficient (Wildman–Crippen LogP) is 4.32. The van der Waals surface area contributed by atoms with E-state index in [2.05, 4.69) is 68.1 Å². The molecular weight excluding hydrogens is 320 g/mol. The maximum absolute atomic E-state index is 3.49. The second-order valence-electron chi connectivity index (χ2n) is 4.55. The zero-order chi connectivity index (χ0) is 13.1. The molecule has 0 saturated carbocycles. The molecule has 0 amide bonds. The number of rotatable bonds is 5. The number of hydrogen-bond acceptors (Lipinski definition) is 2. The molecule has 0 bridgehead atoms. The lowest BCUT2D eigenvalue weighted by Crippen LogP contribution is -2.16. The average molecular weight is 335 g/mol. The highest BCUT2D eigenvalue weighted by molar-refractivity contribution is 9.11. The molecule has 0 saturated heterocycles. The van der Waals surface area contributed by atoms with Gasteiger partial charge in [0.2, 0.25) is 0 Å². The van der Waals surface area contributed by atoms with Crippen LogP contribution in [0.15, 0.2) is 45.7 Å². The third kappa shape index (κ3) is 3.08. The maximum atomic E-state index is 3.49. The molecule has 0 unspecified atom stereocenters. The molecule has 98 valence electrons. The van der Waals surface area contributed by atoms with Gasteiger partial charge >= 0.3 is 0 Å². The molecule has 0 aliphatic carbocycles. The summed E-state index contributed by atoms with van der Waals surface area (Å²) in [4.78, 5) is 3.32. The van der Waals surface area contributed by atoms with Crippen LogP contribution in [0.5, 0.6) is 0 Å². The van der Waals surface area contributed by atoms with Crippen molar-refractivity contribution in [3.8, 4) is 0 Å². The molecule has 2 heterocycles. The van der Waals surface area contributed by atoms with Crippen LogP contribution in [-0.2, 0) is 13.0 Å². The van der Waals surface area contributed by atoms with Gasteiger partial charge in [0.1, 0.15) is 0 Å². The second kappa shape index (κ2) is 5.90. The molecule has 1 aromatic carbocycles. The average Bonchev–Trinajstić information content (AvgIpc) is 3.02. The third-order valence-corrected chi connectivity index (χ3v) is 4.75. The van der Waals surface area contributed by atoms with Crippen LogP contribution >= 0.6 is 27.3 Å². The lowest BCUT2D eigenvalue weighted by atomic mass is 10.1. The minimum atomic E-state index is 0.935. The SMILES string of the molecule is Brc1cc(CNCCc2c[nH]c3ccccc23)cs1. The summed E-state index contributed by atoms with van der Waals surface area (Å²) in [5.41, 5.74) is 3.95. The number of fused-ring (bicyclic) bond motifs is 1. The Morgan fingerprint density at radius 2 is 2.16 bits per heavy atom. The molecule has 3 rings (SSSR count). The van der Waals surface area contributed by atoms with Crippen LogP contribution in [0.2, 0.25) is 0 Å². The van der Waals surface area contributed by atoms with Gasteiger partial charge in [-0.25, -0.2) is 0 Å². The van der Waals surface area contributed by atoms with Crippen LogP contribution in [0, 0.1) is 0 Å². The Hall–Kier alpha value is -1.10. The Labute approximate surface area is 125 Å². The number of nitrogens with one attached hydrogen (secondary N) is 2. The van der Waals surface area contributed by atoms with E-state index in [1.807, 2.05) is 0 Å². The fourth-order valence-corrected chi connectivity index (χ4v) is 3.44.